The van der Waals surface area contributed by atoms with Crippen LogP contribution in [0.5, 0.6) is 0 Å². The average molecular weight is 295 g/mol. The summed E-state index contributed by atoms with van der Waals surface area (Å²) >= 11 is 0. The zero-order valence-corrected chi connectivity index (χ0v) is 12.5. The summed E-state index contributed by atoms with van der Waals surface area (Å²) in [6, 6.07) is 1.44. The molecule has 1 amide bonds. The molecule has 21 heavy (non-hydrogen) atoms. The van der Waals surface area contributed by atoms with Crippen LogP contribution in [-0.2, 0) is 4.74 Å². The maximum Gasteiger partial charge on any atom is 0.254 e. The van der Waals surface area contributed by atoms with E-state index in [4.69, 9.17) is 4.74 Å². The average Bonchev–Trinajstić information content (AvgIpc) is 2.46. The molecule has 1 aliphatic heterocycles. The number of rotatable bonds is 5. The normalized spacial score (nSPS) is 21.9. The van der Waals surface area contributed by atoms with E-state index in [2.05, 4.69) is 15.6 Å². The fourth-order valence-corrected chi connectivity index (χ4v) is 2.38. The number of anilines is 1. The summed E-state index contributed by atoms with van der Waals surface area (Å²) in [4.78, 5) is 16.2. The number of ether oxygens (including phenoxy) is 1. The lowest BCUT2D eigenvalue weighted by Crippen LogP contribution is -2.41. The highest BCUT2D eigenvalue weighted by Gasteiger charge is 2.23. The zero-order valence-electron chi connectivity index (χ0n) is 12.5. The van der Waals surface area contributed by atoms with Crippen LogP contribution in [0.15, 0.2) is 12.3 Å². The van der Waals surface area contributed by atoms with Gasteiger partial charge in [0.15, 0.2) is 11.6 Å². The van der Waals surface area contributed by atoms with Gasteiger partial charge in [-0.15, -0.1) is 0 Å². The molecule has 2 heterocycles. The van der Waals surface area contributed by atoms with Crippen molar-refractivity contribution in [2.45, 2.75) is 45.3 Å². The van der Waals surface area contributed by atoms with Crippen LogP contribution in [0.4, 0.5) is 10.2 Å². The number of carbonyl (C=O) groups excluding carboxylic acids is 1. The Morgan fingerprint density at radius 1 is 1.57 bits per heavy atom. The van der Waals surface area contributed by atoms with Crippen LogP contribution in [0.1, 0.15) is 43.5 Å². The van der Waals surface area contributed by atoms with E-state index in [1.807, 2.05) is 13.8 Å². The van der Waals surface area contributed by atoms with Gasteiger partial charge in [-0.2, -0.15) is 0 Å². The van der Waals surface area contributed by atoms with Gasteiger partial charge in [-0.3, -0.25) is 4.79 Å². The van der Waals surface area contributed by atoms with Gasteiger partial charge < -0.3 is 15.4 Å². The second kappa shape index (κ2) is 7.36. The number of nitrogens with zero attached hydrogens (tertiary/aromatic N) is 1. The Kier molecular flexibility index (Phi) is 5.50. The minimum atomic E-state index is -0.594. The highest BCUT2D eigenvalue weighted by molar-refractivity contribution is 5.95. The van der Waals surface area contributed by atoms with E-state index in [1.165, 1.54) is 12.3 Å². The van der Waals surface area contributed by atoms with E-state index < -0.39 is 11.7 Å². The number of pyridine rings is 1. The summed E-state index contributed by atoms with van der Waals surface area (Å²) in [5.41, 5.74) is 0.0303. The number of hydrogen-bond donors (Lipinski definition) is 2. The summed E-state index contributed by atoms with van der Waals surface area (Å²) in [6.07, 6.45) is 3.93. The lowest BCUT2D eigenvalue weighted by atomic mass is 10.0. The van der Waals surface area contributed by atoms with Crippen LogP contribution < -0.4 is 10.6 Å². The molecular formula is C15H22FN3O2. The Labute approximate surface area is 124 Å². The molecule has 5 nitrogen and oxygen atoms in total. The van der Waals surface area contributed by atoms with Crippen molar-refractivity contribution in [1.82, 2.24) is 10.3 Å². The van der Waals surface area contributed by atoms with Crippen LogP contribution in [0.2, 0.25) is 0 Å². The van der Waals surface area contributed by atoms with Crippen LogP contribution >= 0.6 is 0 Å². The molecule has 2 atom stereocenters. The number of nitrogens with one attached hydrogen (secondary N) is 2. The molecule has 1 aromatic heterocycles. The third kappa shape index (κ3) is 4.14. The Hall–Kier alpha value is -1.69. The highest BCUT2D eigenvalue weighted by Crippen LogP contribution is 2.17. The first-order valence-corrected chi connectivity index (χ1v) is 7.42. The Bertz CT molecular complexity index is 496. The van der Waals surface area contributed by atoms with E-state index in [1.54, 1.807) is 0 Å². The number of amides is 1. The molecule has 6 heteroatoms. The van der Waals surface area contributed by atoms with Gasteiger partial charge in [0.1, 0.15) is 0 Å². The smallest absolute Gasteiger partial charge is 0.254 e. The second-order valence-electron chi connectivity index (χ2n) is 5.32. The summed E-state index contributed by atoms with van der Waals surface area (Å²) < 4.78 is 19.7. The van der Waals surface area contributed by atoms with Crippen molar-refractivity contribution >= 4 is 11.7 Å². The highest BCUT2D eigenvalue weighted by atomic mass is 19.1. The van der Waals surface area contributed by atoms with Crippen molar-refractivity contribution in [1.29, 1.82) is 0 Å². The van der Waals surface area contributed by atoms with Gasteiger partial charge in [0.05, 0.1) is 11.7 Å². The molecule has 0 saturated carbocycles. The van der Waals surface area contributed by atoms with Gasteiger partial charge in [0.2, 0.25) is 0 Å². The van der Waals surface area contributed by atoms with Crippen molar-refractivity contribution in [3.8, 4) is 0 Å². The molecule has 2 N–H and O–H groups in total. The van der Waals surface area contributed by atoms with Gasteiger partial charge in [0.25, 0.3) is 5.91 Å². The summed E-state index contributed by atoms with van der Waals surface area (Å²) in [6.45, 7) is 5.19. The van der Waals surface area contributed by atoms with Crippen LogP contribution in [0, 0.1) is 5.82 Å². The zero-order chi connectivity index (χ0) is 15.2. The molecular weight excluding hydrogens is 273 g/mol. The first-order valence-electron chi connectivity index (χ1n) is 7.42. The predicted molar refractivity (Wildman–Crippen MR) is 78.9 cm³/mol. The Balaban J connectivity index is 2.04. The van der Waals surface area contributed by atoms with Crippen molar-refractivity contribution < 1.29 is 13.9 Å². The molecule has 1 aliphatic rings. The van der Waals surface area contributed by atoms with Gasteiger partial charge in [-0.25, -0.2) is 9.37 Å². The lowest BCUT2D eigenvalue weighted by molar-refractivity contribution is 0.0136. The molecule has 1 fully saturated rings. The van der Waals surface area contributed by atoms with E-state index in [0.717, 1.165) is 19.3 Å². The SMILES string of the molecule is CCCNc1nccc(C(=O)NC2CCOC(C)C2)c1F. The first kappa shape index (κ1) is 15.7. The van der Waals surface area contributed by atoms with Crippen LogP contribution in [-0.4, -0.2) is 36.2 Å². The standard InChI is InChI=1S/C15H22FN3O2/c1-3-6-17-14-13(16)12(4-7-18-14)15(20)19-11-5-8-21-10(2)9-11/h4,7,10-11H,3,5-6,8-9H2,1-2H3,(H,17,18)(H,19,20). The summed E-state index contributed by atoms with van der Waals surface area (Å²) in [7, 11) is 0. The predicted octanol–water partition coefficient (Wildman–Crippen LogP) is 2.34. The summed E-state index contributed by atoms with van der Waals surface area (Å²) in [5.74, 6) is -0.859. The van der Waals surface area contributed by atoms with Crippen molar-refractivity contribution in [3.05, 3.63) is 23.6 Å². The molecule has 0 bridgehead atoms. The van der Waals surface area contributed by atoms with Gasteiger partial charge in [-0.1, -0.05) is 6.92 Å². The van der Waals surface area contributed by atoms with E-state index >= 15 is 0 Å². The summed E-state index contributed by atoms with van der Waals surface area (Å²) in [5, 5.41) is 5.76. The minimum absolute atomic E-state index is 0.0286. The molecule has 116 valence electrons. The number of aromatic nitrogens is 1. The lowest BCUT2D eigenvalue weighted by Gasteiger charge is -2.28. The first-order chi connectivity index (χ1) is 10.1. The molecule has 2 unspecified atom stereocenters. The minimum Gasteiger partial charge on any atom is -0.378 e. The van der Waals surface area contributed by atoms with Crippen LogP contribution in [0.3, 0.4) is 0 Å². The maximum absolute atomic E-state index is 14.3. The third-order valence-corrected chi connectivity index (χ3v) is 3.50. The number of carbonyl (C=O) groups is 1. The molecule has 0 radical (unpaired) electrons. The fourth-order valence-electron chi connectivity index (χ4n) is 2.38. The topological polar surface area (TPSA) is 63.2 Å². The molecule has 0 aliphatic carbocycles. The van der Waals surface area contributed by atoms with E-state index in [-0.39, 0.29) is 23.5 Å². The quantitative estimate of drug-likeness (QED) is 0.875. The maximum atomic E-state index is 14.3. The van der Waals surface area contributed by atoms with Crippen LogP contribution in [0.25, 0.3) is 0 Å². The van der Waals surface area contributed by atoms with E-state index in [0.29, 0.717) is 13.2 Å². The van der Waals surface area contributed by atoms with Crippen molar-refractivity contribution in [2.24, 2.45) is 0 Å². The Morgan fingerprint density at radius 2 is 2.38 bits per heavy atom. The Morgan fingerprint density at radius 3 is 3.10 bits per heavy atom. The van der Waals surface area contributed by atoms with Crippen molar-refractivity contribution in [2.75, 3.05) is 18.5 Å². The number of halogens is 1. The molecule has 0 aromatic carbocycles. The monoisotopic (exact) mass is 295 g/mol. The van der Waals surface area contributed by atoms with Crippen molar-refractivity contribution in [3.63, 3.8) is 0 Å². The van der Waals surface area contributed by atoms with E-state index in [9.17, 15) is 9.18 Å². The second-order valence-corrected chi connectivity index (χ2v) is 5.32. The van der Waals surface area contributed by atoms with Gasteiger partial charge in [0, 0.05) is 25.4 Å². The molecule has 2 rings (SSSR count). The molecule has 1 aromatic rings. The largest absolute Gasteiger partial charge is 0.378 e. The molecule has 0 spiro atoms. The van der Waals surface area contributed by atoms with Gasteiger partial charge in [-0.05, 0) is 32.3 Å². The fraction of sp³-hybridized carbons (Fsp3) is 0.600. The third-order valence-electron chi connectivity index (χ3n) is 3.50. The molecule has 1 saturated heterocycles. The van der Waals surface area contributed by atoms with Gasteiger partial charge >= 0.3 is 0 Å². The number of hydrogen-bond acceptors (Lipinski definition) is 4.